The van der Waals surface area contributed by atoms with Crippen LogP contribution in [-0.4, -0.2) is 31.8 Å². The third-order valence-electron chi connectivity index (χ3n) is 3.16. The first-order chi connectivity index (χ1) is 12.4. The summed E-state index contributed by atoms with van der Waals surface area (Å²) in [5, 5.41) is 5.59. The summed E-state index contributed by atoms with van der Waals surface area (Å²) in [6.07, 6.45) is 0. The molecule has 0 spiro atoms. The summed E-state index contributed by atoms with van der Waals surface area (Å²) in [6.45, 7) is -0.183. The molecule has 6 nitrogen and oxygen atoms in total. The molecule has 2 N–H and O–H groups in total. The van der Waals surface area contributed by atoms with Gasteiger partial charge in [-0.2, -0.15) is 0 Å². The fourth-order valence-electron chi connectivity index (χ4n) is 1.96. The lowest BCUT2D eigenvalue weighted by atomic mass is 10.2. The maximum Gasteiger partial charge on any atom is 0.264 e. The number of hydrogen-bond donors (Lipinski definition) is 2. The van der Waals surface area contributed by atoms with Crippen LogP contribution in [0, 0.1) is 0 Å². The van der Waals surface area contributed by atoms with Gasteiger partial charge in [0.15, 0.2) is 11.7 Å². The Morgan fingerprint density at radius 2 is 1.81 bits per heavy atom. The van der Waals surface area contributed by atoms with E-state index in [1.165, 1.54) is 0 Å². The zero-order chi connectivity index (χ0) is 19.1. The van der Waals surface area contributed by atoms with Crippen molar-refractivity contribution in [3.63, 3.8) is 0 Å². The molecule has 0 aliphatic heterocycles. The number of carbonyl (C=O) groups excluding carboxylic acids is 1. The number of carbonyl (C=O) groups is 1. The van der Waals surface area contributed by atoms with Crippen LogP contribution in [0.15, 0.2) is 45.3 Å². The second kappa shape index (κ2) is 9.75. The van der Waals surface area contributed by atoms with Gasteiger partial charge in [-0.1, -0.05) is 15.9 Å². The molecule has 0 radical (unpaired) electrons. The van der Waals surface area contributed by atoms with Crippen LogP contribution in [0.2, 0.25) is 0 Å². The van der Waals surface area contributed by atoms with Crippen LogP contribution >= 0.6 is 44.1 Å². The summed E-state index contributed by atoms with van der Waals surface area (Å²) in [5.74, 6) is 1.36. The zero-order valence-electron chi connectivity index (χ0n) is 14.0. The third-order valence-corrected chi connectivity index (χ3v) is 4.48. The minimum absolute atomic E-state index is 0.125. The van der Waals surface area contributed by atoms with E-state index in [0.29, 0.717) is 22.9 Å². The fourth-order valence-corrected chi connectivity index (χ4v) is 3.35. The summed E-state index contributed by atoms with van der Waals surface area (Å²) in [4.78, 5) is 12.0. The van der Waals surface area contributed by atoms with Crippen molar-refractivity contribution in [3.05, 3.63) is 45.3 Å². The minimum Gasteiger partial charge on any atom is -0.497 e. The molecule has 0 fully saturated rings. The number of amides is 1. The molecule has 9 heteroatoms. The second-order valence-electron chi connectivity index (χ2n) is 4.93. The quantitative estimate of drug-likeness (QED) is 0.578. The Bertz CT molecular complexity index is 817. The van der Waals surface area contributed by atoms with E-state index in [2.05, 4.69) is 42.5 Å². The molecule has 0 aliphatic carbocycles. The second-order valence-corrected chi connectivity index (χ2v) is 7.11. The monoisotopic (exact) mass is 502 g/mol. The van der Waals surface area contributed by atoms with Gasteiger partial charge in [-0.15, -0.1) is 0 Å². The molecule has 1 amide bonds. The van der Waals surface area contributed by atoms with Crippen LogP contribution in [-0.2, 0) is 4.79 Å². The van der Waals surface area contributed by atoms with Gasteiger partial charge >= 0.3 is 0 Å². The number of thiocarbonyl (C=S) groups is 1. The van der Waals surface area contributed by atoms with Crippen LogP contribution in [0.25, 0.3) is 0 Å². The topological polar surface area (TPSA) is 68.8 Å². The number of anilines is 1. The van der Waals surface area contributed by atoms with Crippen molar-refractivity contribution in [2.45, 2.75) is 0 Å². The van der Waals surface area contributed by atoms with E-state index < -0.39 is 0 Å². The number of nitrogens with one attached hydrogen (secondary N) is 2. The lowest BCUT2D eigenvalue weighted by Crippen LogP contribution is -2.37. The molecule has 2 aromatic rings. The number of rotatable bonds is 6. The van der Waals surface area contributed by atoms with E-state index in [4.69, 9.17) is 26.4 Å². The van der Waals surface area contributed by atoms with Crippen LogP contribution in [0.4, 0.5) is 5.69 Å². The third kappa shape index (κ3) is 5.86. The van der Waals surface area contributed by atoms with Crippen molar-refractivity contribution in [1.29, 1.82) is 0 Å². The molecular formula is C17H16Br2N2O4S. The van der Waals surface area contributed by atoms with E-state index >= 15 is 0 Å². The average Bonchev–Trinajstić information content (AvgIpc) is 2.60. The predicted molar refractivity (Wildman–Crippen MR) is 111 cm³/mol. The number of benzene rings is 2. The highest BCUT2D eigenvalue weighted by Gasteiger charge is 2.11. The Morgan fingerprint density at radius 3 is 2.46 bits per heavy atom. The van der Waals surface area contributed by atoms with Gasteiger partial charge in [0, 0.05) is 10.5 Å². The van der Waals surface area contributed by atoms with Crippen molar-refractivity contribution < 1.29 is 19.0 Å². The number of halogens is 2. The normalized spacial score (nSPS) is 10.0. The highest BCUT2D eigenvalue weighted by molar-refractivity contribution is 9.11. The van der Waals surface area contributed by atoms with E-state index in [1.54, 1.807) is 38.5 Å². The molecule has 2 rings (SSSR count). The first kappa shape index (κ1) is 20.5. The molecule has 0 aromatic heterocycles. The maximum atomic E-state index is 12.0. The van der Waals surface area contributed by atoms with Crippen molar-refractivity contribution >= 4 is 60.8 Å². The first-order valence-corrected chi connectivity index (χ1v) is 9.33. The Hall–Kier alpha value is -1.84. The van der Waals surface area contributed by atoms with Gasteiger partial charge < -0.3 is 19.5 Å². The Morgan fingerprint density at radius 1 is 1.08 bits per heavy atom. The van der Waals surface area contributed by atoms with Crippen molar-refractivity contribution in [2.75, 3.05) is 26.1 Å². The minimum atomic E-state index is -0.390. The highest BCUT2D eigenvalue weighted by Crippen LogP contribution is 2.29. The summed E-state index contributed by atoms with van der Waals surface area (Å²) < 4.78 is 17.5. The number of methoxy groups -OCH3 is 2. The summed E-state index contributed by atoms with van der Waals surface area (Å²) in [7, 11) is 3.10. The van der Waals surface area contributed by atoms with E-state index in [-0.39, 0.29) is 17.6 Å². The molecule has 0 atom stereocenters. The van der Waals surface area contributed by atoms with Gasteiger partial charge in [0.1, 0.15) is 17.2 Å². The SMILES string of the molecule is COc1ccc(OC)c(NC(=S)NC(=O)COc2ccc(Br)cc2Br)c1. The number of ether oxygens (including phenoxy) is 3. The predicted octanol–water partition coefficient (Wildman–Crippen LogP) is 4.12. The molecule has 0 saturated carbocycles. The smallest absolute Gasteiger partial charge is 0.264 e. The molecule has 2 aromatic carbocycles. The zero-order valence-corrected chi connectivity index (χ0v) is 18.0. The summed E-state index contributed by atoms with van der Waals surface area (Å²) >= 11 is 11.9. The van der Waals surface area contributed by atoms with Crippen LogP contribution in [0.3, 0.4) is 0 Å². The lowest BCUT2D eigenvalue weighted by molar-refractivity contribution is -0.121. The summed E-state index contributed by atoms with van der Waals surface area (Å²) in [5.41, 5.74) is 0.578. The molecule has 26 heavy (non-hydrogen) atoms. The van der Waals surface area contributed by atoms with Gasteiger partial charge in [-0.25, -0.2) is 0 Å². The van der Waals surface area contributed by atoms with Gasteiger partial charge in [-0.3, -0.25) is 10.1 Å². The molecule has 138 valence electrons. The van der Waals surface area contributed by atoms with Gasteiger partial charge in [0.05, 0.1) is 24.4 Å². The Labute approximate surface area is 173 Å². The van der Waals surface area contributed by atoms with Crippen molar-refractivity contribution in [2.24, 2.45) is 0 Å². The van der Waals surface area contributed by atoms with Crippen LogP contribution in [0.5, 0.6) is 17.2 Å². The van der Waals surface area contributed by atoms with E-state index in [0.717, 1.165) is 8.95 Å². The molecule has 0 heterocycles. The standard InChI is InChI=1S/C17H16Br2N2O4S/c1-23-11-4-6-15(24-2)13(8-11)20-17(26)21-16(22)9-25-14-5-3-10(18)7-12(14)19/h3-8H,9H2,1-2H3,(H2,20,21,22,26). The van der Waals surface area contributed by atoms with E-state index in [1.807, 2.05) is 12.1 Å². The molecule has 0 saturated heterocycles. The highest BCUT2D eigenvalue weighted by atomic mass is 79.9. The van der Waals surface area contributed by atoms with Crippen LogP contribution < -0.4 is 24.8 Å². The Kier molecular flexibility index (Phi) is 7.67. The van der Waals surface area contributed by atoms with Gasteiger partial charge in [-0.05, 0) is 58.5 Å². The van der Waals surface area contributed by atoms with Gasteiger partial charge in [0.25, 0.3) is 5.91 Å². The van der Waals surface area contributed by atoms with Gasteiger partial charge in [0.2, 0.25) is 0 Å². The lowest BCUT2D eigenvalue weighted by Gasteiger charge is -2.14. The maximum absolute atomic E-state index is 12.0. The number of hydrogen-bond acceptors (Lipinski definition) is 5. The molecule has 0 unspecified atom stereocenters. The molecule has 0 aliphatic rings. The Balaban J connectivity index is 1.92. The first-order valence-electron chi connectivity index (χ1n) is 7.33. The van der Waals surface area contributed by atoms with Crippen LogP contribution in [0.1, 0.15) is 0 Å². The fraction of sp³-hybridized carbons (Fsp3) is 0.176. The van der Waals surface area contributed by atoms with Crippen molar-refractivity contribution in [1.82, 2.24) is 5.32 Å². The van der Waals surface area contributed by atoms with E-state index in [9.17, 15) is 4.79 Å². The average molecular weight is 504 g/mol. The largest absolute Gasteiger partial charge is 0.497 e. The molecular weight excluding hydrogens is 488 g/mol. The molecule has 0 bridgehead atoms. The summed E-state index contributed by atoms with van der Waals surface area (Å²) in [6, 6.07) is 10.6. The van der Waals surface area contributed by atoms with Crippen molar-refractivity contribution in [3.8, 4) is 17.2 Å².